The van der Waals surface area contributed by atoms with Crippen LogP contribution in [-0.4, -0.2) is 11.3 Å². The van der Waals surface area contributed by atoms with Crippen LogP contribution in [0.4, 0.5) is 34.1 Å². The minimum absolute atomic E-state index is 0. The van der Waals surface area contributed by atoms with Gasteiger partial charge in [0, 0.05) is 116 Å². The first-order valence-corrected chi connectivity index (χ1v) is 23.5. The molecule has 326 valence electrons. The summed E-state index contributed by atoms with van der Waals surface area (Å²) in [6.07, 6.45) is 0. The van der Waals surface area contributed by atoms with Crippen molar-refractivity contribution >= 4 is 101 Å². The van der Waals surface area contributed by atoms with E-state index in [1.807, 2.05) is 24.3 Å². The molecule has 0 saturated heterocycles. The van der Waals surface area contributed by atoms with E-state index in [0.717, 1.165) is 50.1 Å². The van der Waals surface area contributed by atoms with Crippen LogP contribution in [0.15, 0.2) is 186 Å². The number of furan rings is 1. The third-order valence-electron chi connectivity index (χ3n) is 14.3. The van der Waals surface area contributed by atoms with Crippen LogP contribution in [0.5, 0.6) is 0 Å². The molecule has 9 aromatic carbocycles. The summed E-state index contributed by atoms with van der Waals surface area (Å²) in [6, 6.07) is 74.0. The summed E-state index contributed by atoms with van der Waals surface area (Å²) in [5, 5.41) is 4.74. The maximum absolute atomic E-state index is 6.56. The predicted molar refractivity (Wildman–Crippen MR) is 283 cm³/mol. The average molecular weight is 1090 g/mol. The van der Waals surface area contributed by atoms with Gasteiger partial charge in [0.2, 0.25) is 0 Å². The predicted octanol–water partition coefficient (Wildman–Crippen LogP) is 14.6. The smallest absolute Gasteiger partial charge is 0.252 e. The topological polar surface area (TPSA) is 24.6 Å². The molecule has 2 aliphatic heterocycles. The summed E-state index contributed by atoms with van der Waals surface area (Å²) in [6.45, 7) is 13.9. The number of rotatable bonds is 4. The fraction of sp³-hybridized carbons (Fsp3) is 0.129. The molecule has 69 heavy (non-hydrogen) atoms. The minimum Gasteiger partial charge on any atom is -0.455 e. The van der Waals surface area contributed by atoms with Gasteiger partial charge in [-0.3, -0.25) is 18.2 Å². The average Bonchev–Trinajstić information content (AvgIpc) is 3.88. The molecular formula is C62H48BCd2N3O-2. The van der Waals surface area contributed by atoms with Crippen molar-refractivity contribution in [2.24, 2.45) is 0 Å². The van der Waals surface area contributed by atoms with Gasteiger partial charge in [-0.05, 0) is 105 Å². The van der Waals surface area contributed by atoms with Gasteiger partial charge in [0.05, 0.1) is 11.0 Å². The monoisotopic (exact) mass is 1090 g/mol. The Morgan fingerprint density at radius 2 is 1.10 bits per heavy atom. The van der Waals surface area contributed by atoms with Crippen LogP contribution in [0.2, 0.25) is 0 Å². The van der Waals surface area contributed by atoms with E-state index in [1.54, 1.807) is 0 Å². The van der Waals surface area contributed by atoms with Crippen molar-refractivity contribution in [1.29, 1.82) is 0 Å². The molecule has 0 bridgehead atoms. The van der Waals surface area contributed by atoms with Crippen molar-refractivity contribution in [2.75, 3.05) is 9.80 Å². The first kappa shape index (κ1) is 45.5. The Morgan fingerprint density at radius 1 is 0.464 bits per heavy atom. The van der Waals surface area contributed by atoms with Gasteiger partial charge in [-0.1, -0.05) is 145 Å². The van der Waals surface area contributed by atoms with E-state index < -0.39 is 0 Å². The Labute approximate surface area is 445 Å². The van der Waals surface area contributed by atoms with Crippen LogP contribution in [0, 0.1) is 12.1 Å². The fourth-order valence-corrected chi connectivity index (χ4v) is 11.0. The number of nitrogens with zero attached hydrogens (tertiary/aromatic N) is 3. The number of hydrogen-bond acceptors (Lipinski definition) is 3. The molecule has 4 heterocycles. The van der Waals surface area contributed by atoms with Crippen LogP contribution in [0.25, 0.3) is 60.6 Å². The van der Waals surface area contributed by atoms with E-state index in [0.29, 0.717) is 0 Å². The van der Waals surface area contributed by atoms with E-state index in [4.69, 9.17) is 4.42 Å². The van der Waals surface area contributed by atoms with Gasteiger partial charge in [-0.15, -0.1) is 0 Å². The summed E-state index contributed by atoms with van der Waals surface area (Å²) in [7, 11) is 0. The Morgan fingerprint density at radius 3 is 1.84 bits per heavy atom. The van der Waals surface area contributed by atoms with Crippen molar-refractivity contribution < 1.29 is 59.0 Å². The molecule has 0 amide bonds. The van der Waals surface area contributed by atoms with Crippen LogP contribution in [-0.2, 0) is 65.4 Å². The zero-order chi connectivity index (χ0) is 45.3. The molecule has 0 fully saturated rings. The SMILES string of the molecule is CC(C)(C)c1ccc2c(c1)N(c1[c-]ccc[c-]1)c1cc(C(C)(C)C)cc3c1B2c1cc2c4ccccc4n(-c4ccccc4)c2cc1N3c1ccc(-c2cccc3c2oc2ccccc23)cc1.[Cd].[Cd]. The molecule has 0 spiro atoms. The molecule has 0 radical (unpaired) electrons. The number of aromatic nitrogens is 1. The molecule has 0 atom stereocenters. The first-order chi connectivity index (χ1) is 32.5. The van der Waals surface area contributed by atoms with Crippen LogP contribution in [0.1, 0.15) is 52.7 Å². The van der Waals surface area contributed by atoms with Gasteiger partial charge < -0.3 is 30.9 Å². The maximum atomic E-state index is 6.56. The van der Waals surface area contributed by atoms with Crippen LogP contribution in [0.3, 0.4) is 0 Å². The molecule has 7 heteroatoms. The minimum atomic E-state index is -0.158. The second kappa shape index (κ2) is 16.9. The van der Waals surface area contributed by atoms with Crippen molar-refractivity contribution in [1.82, 2.24) is 4.57 Å². The summed E-state index contributed by atoms with van der Waals surface area (Å²) in [5.41, 5.74) is 20.4. The zero-order valence-corrected chi connectivity index (χ0v) is 48.1. The normalized spacial score (nSPS) is 13.0. The molecule has 2 aromatic heterocycles. The molecule has 0 N–H and O–H groups in total. The molecule has 4 nitrogen and oxygen atoms in total. The van der Waals surface area contributed by atoms with Gasteiger partial charge in [0.25, 0.3) is 6.71 Å². The third kappa shape index (κ3) is 7.15. The third-order valence-corrected chi connectivity index (χ3v) is 14.3. The Balaban J connectivity index is 0.00000260. The van der Waals surface area contributed by atoms with E-state index in [2.05, 4.69) is 226 Å². The molecular weight excluding hydrogens is 1040 g/mol. The van der Waals surface area contributed by atoms with Crippen LogP contribution >= 0.6 is 0 Å². The second-order valence-corrected chi connectivity index (χ2v) is 20.4. The summed E-state index contributed by atoms with van der Waals surface area (Å²) < 4.78 is 9.00. The zero-order valence-electron chi connectivity index (χ0n) is 40.1. The largest absolute Gasteiger partial charge is 0.455 e. The Kier molecular flexibility index (Phi) is 11.2. The number of benzene rings is 9. The quantitative estimate of drug-likeness (QED) is 0.130. The van der Waals surface area contributed by atoms with Crippen molar-refractivity contribution in [3.05, 3.63) is 205 Å². The van der Waals surface area contributed by atoms with E-state index in [-0.39, 0.29) is 72.1 Å². The number of para-hydroxylation sites is 5. The molecule has 0 aliphatic carbocycles. The Bertz CT molecular complexity index is 3790. The van der Waals surface area contributed by atoms with Gasteiger partial charge in [-0.25, -0.2) is 0 Å². The van der Waals surface area contributed by atoms with Crippen LogP contribution < -0.4 is 26.2 Å². The summed E-state index contributed by atoms with van der Waals surface area (Å²) in [5.74, 6) is 0. The van der Waals surface area contributed by atoms with Crippen molar-refractivity contribution in [3.63, 3.8) is 0 Å². The molecule has 0 saturated carbocycles. The van der Waals surface area contributed by atoms with Gasteiger partial charge in [-0.2, -0.15) is 5.69 Å². The first-order valence-electron chi connectivity index (χ1n) is 23.5. The van der Waals surface area contributed by atoms with Crippen molar-refractivity contribution in [2.45, 2.75) is 52.4 Å². The van der Waals surface area contributed by atoms with Gasteiger partial charge in [0.15, 0.2) is 0 Å². The van der Waals surface area contributed by atoms with E-state index in [9.17, 15) is 0 Å². The molecule has 0 unspecified atom stereocenters. The Hall–Kier alpha value is -5.91. The molecule has 2 aliphatic rings. The maximum Gasteiger partial charge on any atom is 0.252 e. The summed E-state index contributed by atoms with van der Waals surface area (Å²) in [4.78, 5) is 4.98. The second-order valence-electron chi connectivity index (χ2n) is 20.4. The molecule has 13 rings (SSSR count). The van der Waals surface area contributed by atoms with E-state index in [1.165, 1.54) is 72.1 Å². The van der Waals surface area contributed by atoms with Gasteiger partial charge in [0.1, 0.15) is 11.2 Å². The van der Waals surface area contributed by atoms with Crippen molar-refractivity contribution in [3.8, 4) is 16.8 Å². The number of hydrogen-bond donors (Lipinski definition) is 0. The summed E-state index contributed by atoms with van der Waals surface area (Å²) >= 11 is 0. The van der Waals surface area contributed by atoms with E-state index >= 15 is 0 Å². The number of fused-ring (bicyclic) bond motifs is 10. The van der Waals surface area contributed by atoms with Gasteiger partial charge >= 0.3 is 0 Å². The standard InChI is InChI=1S/C62H48BN3O.2Cd/c1-61(2,3)40-30-33-50-54(34-40)65(43-20-11-8-12-21-43)56-35-41(62(4,5)6)36-57-59(56)63(50)51-37-49-46-22-13-15-26-52(46)64(42-18-9-7-10-19-42)53(49)38-55(51)66(57)44-31-28-39(29-32-44)45-24-17-25-48-47-23-14-16-27-58(47)67-60(45)48;;/h7-19,22-38H,1-6H3;;/q-2;;. The fourth-order valence-electron chi connectivity index (χ4n) is 11.0. The molecule has 11 aromatic rings. The number of anilines is 6.